The van der Waals surface area contributed by atoms with Crippen molar-refractivity contribution in [3.05, 3.63) is 41.8 Å². The lowest BCUT2D eigenvalue weighted by molar-refractivity contribution is 0.146. The molecule has 0 bridgehead atoms. The van der Waals surface area contributed by atoms with Gasteiger partial charge in [-0.2, -0.15) is 0 Å². The molecule has 122 valence electrons. The van der Waals surface area contributed by atoms with Crippen LogP contribution in [0.3, 0.4) is 0 Å². The first-order valence-electron chi connectivity index (χ1n) is 6.76. The van der Waals surface area contributed by atoms with Crippen molar-refractivity contribution in [2.75, 3.05) is 20.3 Å². The number of halogens is 2. The van der Waals surface area contributed by atoms with E-state index < -0.39 is 20.0 Å². The molecular formula is C15H21F2NO3Si. The minimum Gasteiger partial charge on any atom is -0.532 e. The largest absolute Gasteiger partial charge is 0.532 e. The Kier molecular flexibility index (Phi) is 6.70. The third-order valence-electron chi connectivity index (χ3n) is 2.40. The zero-order valence-corrected chi connectivity index (χ0v) is 14.3. The molecule has 0 unspecified atom stereocenters. The maximum absolute atomic E-state index is 13.9. The molecule has 7 heteroatoms. The average Bonchev–Trinajstić information content (AvgIpc) is 2.40. The summed E-state index contributed by atoms with van der Waals surface area (Å²) in [6.45, 7) is 10.1. The highest BCUT2D eigenvalue weighted by molar-refractivity contribution is 6.70. The SMILES string of the molecule is C=C(/N=C/c1c(OCCOC)ccc(F)c1F)O[Si](C)(C)C. The summed E-state index contributed by atoms with van der Waals surface area (Å²) in [7, 11) is -0.329. The standard InChI is InChI=1S/C15H21F2NO3Si/c1-11(21-22(3,4)5)18-10-12-14(20-9-8-19-2)7-6-13(16)15(12)17/h6-7,10H,1,8-9H2,2-5H3/b18-10+. The topological polar surface area (TPSA) is 40.0 Å². The van der Waals surface area contributed by atoms with E-state index in [9.17, 15) is 8.78 Å². The van der Waals surface area contributed by atoms with Crippen molar-refractivity contribution in [1.82, 2.24) is 0 Å². The molecule has 0 radical (unpaired) electrons. The van der Waals surface area contributed by atoms with E-state index in [1.807, 2.05) is 19.6 Å². The predicted octanol–water partition coefficient (Wildman–Crippen LogP) is 3.73. The summed E-state index contributed by atoms with van der Waals surface area (Å²) in [5, 5.41) is 0. The molecule has 1 rings (SSSR count). The van der Waals surface area contributed by atoms with Gasteiger partial charge in [0.2, 0.25) is 8.32 Å². The molecule has 0 heterocycles. The van der Waals surface area contributed by atoms with Gasteiger partial charge in [-0.25, -0.2) is 13.8 Å². The van der Waals surface area contributed by atoms with E-state index in [-0.39, 0.29) is 23.8 Å². The molecule has 0 amide bonds. The molecule has 0 aliphatic carbocycles. The number of rotatable bonds is 8. The van der Waals surface area contributed by atoms with Gasteiger partial charge in [0.05, 0.1) is 12.2 Å². The van der Waals surface area contributed by atoms with Gasteiger partial charge in [-0.15, -0.1) is 0 Å². The zero-order chi connectivity index (χ0) is 16.8. The van der Waals surface area contributed by atoms with Gasteiger partial charge in [-0.05, 0) is 38.4 Å². The second-order valence-electron chi connectivity index (χ2n) is 5.48. The minimum absolute atomic E-state index is 0.0866. The van der Waals surface area contributed by atoms with Crippen LogP contribution in [0.2, 0.25) is 19.6 Å². The van der Waals surface area contributed by atoms with Gasteiger partial charge in [0.25, 0.3) is 0 Å². The molecule has 0 saturated heterocycles. The highest BCUT2D eigenvalue weighted by Gasteiger charge is 2.17. The Hall–Kier alpha value is -1.73. The molecule has 0 N–H and O–H groups in total. The number of hydrogen-bond donors (Lipinski definition) is 0. The third-order valence-corrected chi connectivity index (χ3v) is 3.25. The summed E-state index contributed by atoms with van der Waals surface area (Å²) in [6.07, 6.45) is 1.16. The van der Waals surface area contributed by atoms with Crippen LogP contribution < -0.4 is 4.74 Å². The molecule has 0 aromatic heterocycles. The Morgan fingerprint density at radius 3 is 2.55 bits per heavy atom. The molecule has 0 spiro atoms. The van der Waals surface area contributed by atoms with E-state index in [4.69, 9.17) is 13.9 Å². The fraction of sp³-hybridized carbons (Fsp3) is 0.400. The Balaban J connectivity index is 2.95. The molecule has 0 saturated carbocycles. The number of aliphatic imine (C=N–C) groups is 1. The van der Waals surface area contributed by atoms with Crippen LogP contribution in [0, 0.1) is 11.6 Å². The van der Waals surface area contributed by atoms with Gasteiger partial charge in [0, 0.05) is 13.3 Å². The Labute approximate surface area is 130 Å². The van der Waals surface area contributed by atoms with Crippen molar-refractivity contribution in [3.8, 4) is 5.75 Å². The summed E-state index contributed by atoms with van der Waals surface area (Å²) in [6, 6.07) is 2.35. The summed E-state index contributed by atoms with van der Waals surface area (Å²) in [4.78, 5) is 3.95. The number of methoxy groups -OCH3 is 1. The van der Waals surface area contributed by atoms with Gasteiger partial charge in [0.15, 0.2) is 17.5 Å². The molecule has 4 nitrogen and oxygen atoms in total. The van der Waals surface area contributed by atoms with Crippen molar-refractivity contribution < 1.29 is 22.7 Å². The van der Waals surface area contributed by atoms with Gasteiger partial charge in [-0.1, -0.05) is 0 Å². The quantitative estimate of drug-likeness (QED) is 0.316. The first-order chi connectivity index (χ1) is 10.2. The first kappa shape index (κ1) is 18.3. The van der Waals surface area contributed by atoms with E-state index in [1.54, 1.807) is 0 Å². The van der Waals surface area contributed by atoms with Crippen LogP contribution in [-0.4, -0.2) is 34.9 Å². The smallest absolute Gasteiger partial charge is 0.244 e. The normalized spacial score (nSPS) is 11.7. The van der Waals surface area contributed by atoms with E-state index in [1.165, 1.54) is 13.2 Å². The summed E-state index contributed by atoms with van der Waals surface area (Å²) in [5.41, 5.74) is -0.0866. The zero-order valence-electron chi connectivity index (χ0n) is 13.3. The lowest BCUT2D eigenvalue weighted by Crippen LogP contribution is -2.24. The van der Waals surface area contributed by atoms with Crippen molar-refractivity contribution in [3.63, 3.8) is 0 Å². The molecular weight excluding hydrogens is 308 g/mol. The summed E-state index contributed by atoms with van der Waals surface area (Å²) < 4.78 is 43.1. The first-order valence-corrected chi connectivity index (χ1v) is 10.2. The highest BCUT2D eigenvalue weighted by atomic mass is 28.4. The fourth-order valence-electron chi connectivity index (χ4n) is 1.55. The predicted molar refractivity (Wildman–Crippen MR) is 84.9 cm³/mol. The van der Waals surface area contributed by atoms with Crippen LogP contribution in [0.25, 0.3) is 0 Å². The Bertz CT molecular complexity index is 556. The second kappa shape index (κ2) is 8.05. The van der Waals surface area contributed by atoms with Crippen LogP contribution >= 0.6 is 0 Å². The van der Waals surface area contributed by atoms with E-state index in [0.29, 0.717) is 6.61 Å². The lowest BCUT2D eigenvalue weighted by Gasteiger charge is -2.18. The molecule has 1 aromatic rings. The van der Waals surface area contributed by atoms with Crippen LogP contribution in [0.15, 0.2) is 29.6 Å². The van der Waals surface area contributed by atoms with Crippen LogP contribution in [-0.2, 0) is 9.16 Å². The van der Waals surface area contributed by atoms with Gasteiger partial charge in [0.1, 0.15) is 12.4 Å². The molecule has 1 aromatic carbocycles. The Morgan fingerprint density at radius 1 is 1.27 bits per heavy atom. The lowest BCUT2D eigenvalue weighted by atomic mass is 10.2. The van der Waals surface area contributed by atoms with Crippen LogP contribution in [0.1, 0.15) is 5.56 Å². The Morgan fingerprint density at radius 2 is 1.95 bits per heavy atom. The number of benzene rings is 1. The monoisotopic (exact) mass is 329 g/mol. The summed E-state index contributed by atoms with van der Waals surface area (Å²) in [5.74, 6) is -1.66. The number of hydrogen-bond acceptors (Lipinski definition) is 4. The number of nitrogens with zero attached hydrogens (tertiary/aromatic N) is 1. The molecule has 22 heavy (non-hydrogen) atoms. The van der Waals surface area contributed by atoms with Crippen LogP contribution in [0.5, 0.6) is 5.75 Å². The maximum Gasteiger partial charge on any atom is 0.244 e. The fourth-order valence-corrected chi connectivity index (χ4v) is 2.31. The van der Waals surface area contributed by atoms with Gasteiger partial charge >= 0.3 is 0 Å². The average molecular weight is 329 g/mol. The van der Waals surface area contributed by atoms with Crippen LogP contribution in [0.4, 0.5) is 8.78 Å². The third kappa shape index (κ3) is 5.95. The van der Waals surface area contributed by atoms with Crippen molar-refractivity contribution in [2.24, 2.45) is 4.99 Å². The van der Waals surface area contributed by atoms with E-state index in [2.05, 4.69) is 11.6 Å². The van der Waals surface area contributed by atoms with Gasteiger partial charge < -0.3 is 13.9 Å². The minimum atomic E-state index is -1.85. The van der Waals surface area contributed by atoms with E-state index in [0.717, 1.165) is 12.3 Å². The van der Waals surface area contributed by atoms with Gasteiger partial charge in [-0.3, -0.25) is 0 Å². The van der Waals surface area contributed by atoms with Crippen molar-refractivity contribution in [2.45, 2.75) is 19.6 Å². The van der Waals surface area contributed by atoms with Crippen molar-refractivity contribution in [1.29, 1.82) is 0 Å². The van der Waals surface area contributed by atoms with Crippen molar-refractivity contribution >= 4 is 14.5 Å². The summed E-state index contributed by atoms with van der Waals surface area (Å²) >= 11 is 0. The molecule has 0 atom stereocenters. The molecule has 0 fully saturated rings. The van der Waals surface area contributed by atoms with E-state index >= 15 is 0 Å². The second-order valence-corrected chi connectivity index (χ2v) is 9.91. The molecule has 0 aliphatic heterocycles. The molecule has 0 aliphatic rings. The maximum atomic E-state index is 13.9. The number of ether oxygens (including phenoxy) is 2. The highest BCUT2D eigenvalue weighted by Crippen LogP contribution is 2.23.